The van der Waals surface area contributed by atoms with Gasteiger partial charge in [0.25, 0.3) is 0 Å². The van der Waals surface area contributed by atoms with Crippen molar-refractivity contribution in [1.29, 1.82) is 0 Å². The minimum Gasteiger partial charge on any atom is -0.297 e. The first kappa shape index (κ1) is 91.0. The molecule has 0 unspecified atom stereocenters. The number of benzene rings is 4. The predicted molar refractivity (Wildman–Crippen MR) is 513 cm³/mol. The SMILES string of the molecule is CCCCCCCCc1cc(CCCCCCCC)cc(C2(c3cc(CCCCCCCC)cc(CCCCCCCC)c3)c3cc(C=O)sc3-c3sc4c5c(sc4c32)-c2sc3cc(C=O)sc3c2C5(c2cc(CCCCCCCC)cc(CCCCCCCC)c2)c2cc(CCCCCCCC)cc(CCCCCCCC)c2)c1. The van der Waals surface area contributed by atoms with Gasteiger partial charge in [0.05, 0.1) is 54.2 Å². The van der Waals surface area contributed by atoms with Gasteiger partial charge in [0.1, 0.15) is 0 Å². The number of thiophene rings is 5. The van der Waals surface area contributed by atoms with Crippen molar-refractivity contribution in [2.45, 2.75) is 426 Å². The first-order chi connectivity index (χ1) is 56.6. The Kier molecular flexibility index (Phi) is 38.5. The number of unbranched alkanes of at least 4 members (excludes halogenated alkanes) is 40. The smallest absolute Gasteiger partial charge is 0.160 e. The summed E-state index contributed by atoms with van der Waals surface area (Å²) in [5, 5.41) is 0. The molecule has 4 aromatic carbocycles. The molecule has 7 heteroatoms. The second-order valence-electron chi connectivity index (χ2n) is 35.8. The van der Waals surface area contributed by atoms with E-state index >= 15 is 0 Å². The normalized spacial score (nSPS) is 13.3. The van der Waals surface area contributed by atoms with Crippen LogP contribution in [0.3, 0.4) is 0 Å². The summed E-state index contributed by atoms with van der Waals surface area (Å²) in [7, 11) is 0. The van der Waals surface area contributed by atoms with Crippen LogP contribution in [0.15, 0.2) is 84.9 Å². The minimum absolute atomic E-state index is 0.692. The Balaban J connectivity index is 1.25. The summed E-state index contributed by atoms with van der Waals surface area (Å²) in [6.45, 7) is 18.8. The lowest BCUT2D eigenvalue weighted by Gasteiger charge is -2.35. The van der Waals surface area contributed by atoms with Crippen LogP contribution < -0.4 is 0 Å². The zero-order valence-corrected chi connectivity index (χ0v) is 77.8. The largest absolute Gasteiger partial charge is 0.297 e. The quantitative estimate of drug-likeness (QED) is 0.0281. The highest BCUT2D eigenvalue weighted by Gasteiger charge is 2.56. The van der Waals surface area contributed by atoms with E-state index in [4.69, 9.17) is 0 Å². The van der Waals surface area contributed by atoms with E-state index in [1.165, 1.54) is 442 Å². The van der Waals surface area contributed by atoms with Crippen molar-refractivity contribution in [2.24, 2.45) is 0 Å². The number of carbonyl (C=O) groups is 2. The van der Waals surface area contributed by atoms with Crippen LogP contribution in [0, 0.1) is 0 Å². The van der Waals surface area contributed by atoms with Gasteiger partial charge in [-0.05, 0) is 187 Å². The van der Waals surface area contributed by atoms with E-state index < -0.39 is 10.8 Å². The lowest BCUT2D eigenvalue weighted by Crippen LogP contribution is -2.30. The highest BCUT2D eigenvalue weighted by Crippen LogP contribution is 2.71. The maximum Gasteiger partial charge on any atom is 0.160 e. The molecule has 115 heavy (non-hydrogen) atoms. The number of hydrogen-bond donors (Lipinski definition) is 0. The Morgan fingerprint density at radius 2 is 0.443 bits per heavy atom. The second-order valence-corrected chi connectivity index (χ2v) is 41.1. The van der Waals surface area contributed by atoms with Gasteiger partial charge in [0.2, 0.25) is 0 Å². The van der Waals surface area contributed by atoms with Crippen LogP contribution in [0.4, 0.5) is 0 Å². The van der Waals surface area contributed by atoms with Crippen LogP contribution in [-0.4, -0.2) is 12.6 Å². The maximum atomic E-state index is 14.1. The maximum absolute atomic E-state index is 14.1. The van der Waals surface area contributed by atoms with Crippen molar-refractivity contribution in [3.05, 3.63) is 184 Å². The van der Waals surface area contributed by atoms with Crippen molar-refractivity contribution >= 4 is 88.1 Å². The molecule has 11 rings (SSSR count). The van der Waals surface area contributed by atoms with Gasteiger partial charge in [-0.25, -0.2) is 0 Å². The molecular weight excluding hydrogens is 1490 g/mol. The lowest BCUT2D eigenvalue weighted by molar-refractivity contribution is 0.111. The first-order valence-electron chi connectivity index (χ1n) is 48.4. The summed E-state index contributed by atoms with van der Waals surface area (Å²) in [5.74, 6) is 0. The monoisotopic (exact) mass is 1640 g/mol. The average molecular weight is 1640 g/mol. The topological polar surface area (TPSA) is 34.1 Å². The molecule has 5 aromatic heterocycles. The van der Waals surface area contributed by atoms with Gasteiger partial charge in [0.15, 0.2) is 12.6 Å². The van der Waals surface area contributed by atoms with Gasteiger partial charge in [-0.15, -0.1) is 56.7 Å². The molecule has 0 fully saturated rings. The standard InChI is InChI=1S/C108H152O2S5/c1-9-17-25-33-41-49-57-81-65-82(58-50-42-34-26-18-10-2)70-89(69-81)107(90-71-83(59-51-43-35-27-19-11-3)66-84(72-90)60-52-44-36-28-20-12-4)95-77-93(79-109)111-100(95)102-98(107)104-106(114-102)99-105(115-104)103-97(101-96(113-103)78-94(80-110)112-101)108(99,91-73-85(61-53-45-37-29-21-13-5)67-86(74-91)62-54-46-38-30-22-14-6)92-75-87(63-55-47-39-31-23-15-7)68-88(76-92)64-56-48-40-32-24-16-8/h65-80H,9-64H2,1-8H3. The highest BCUT2D eigenvalue weighted by atomic mass is 32.1. The fourth-order valence-electron chi connectivity index (χ4n) is 20.0. The molecule has 0 amide bonds. The van der Waals surface area contributed by atoms with E-state index in [0.717, 1.165) is 67.4 Å². The summed E-state index contributed by atoms with van der Waals surface area (Å²) < 4.78 is 5.49. The Bertz CT molecular complexity index is 4080. The molecule has 0 spiro atoms. The summed E-state index contributed by atoms with van der Waals surface area (Å²) >= 11 is 9.81. The second kappa shape index (κ2) is 48.6. The van der Waals surface area contributed by atoms with Crippen LogP contribution in [0.1, 0.15) is 472 Å². The number of carbonyl (C=O) groups excluding carboxylic acids is 2. The zero-order chi connectivity index (χ0) is 80.5. The fourth-order valence-corrected chi connectivity index (χ4v) is 27.0. The molecule has 0 bridgehead atoms. The number of fused-ring (bicyclic) bond motifs is 11. The summed E-state index contributed by atoms with van der Waals surface area (Å²) in [6, 6.07) is 37.4. The van der Waals surface area contributed by atoms with Crippen LogP contribution >= 0.6 is 56.7 Å². The average Bonchev–Trinajstić information content (AvgIpc) is 1.48. The van der Waals surface area contributed by atoms with Gasteiger partial charge in [0, 0.05) is 21.4 Å². The third kappa shape index (κ3) is 23.5. The van der Waals surface area contributed by atoms with Gasteiger partial charge < -0.3 is 0 Å². The number of aldehydes is 2. The predicted octanol–water partition coefficient (Wildman–Crippen LogP) is 35.9. The number of aryl methyl sites for hydroxylation is 8. The van der Waals surface area contributed by atoms with Crippen molar-refractivity contribution < 1.29 is 9.59 Å². The molecule has 0 radical (unpaired) electrons. The zero-order valence-electron chi connectivity index (χ0n) is 73.7. The van der Waals surface area contributed by atoms with Crippen molar-refractivity contribution in [3.8, 4) is 19.5 Å². The third-order valence-electron chi connectivity index (χ3n) is 26.3. The molecule has 2 nitrogen and oxygen atoms in total. The molecule has 2 aliphatic rings. The molecule has 9 aromatic rings. The van der Waals surface area contributed by atoms with Crippen LogP contribution in [0.25, 0.3) is 38.3 Å². The Morgan fingerprint density at radius 3 is 0.722 bits per heavy atom. The van der Waals surface area contributed by atoms with Crippen LogP contribution in [0.2, 0.25) is 0 Å². The van der Waals surface area contributed by atoms with E-state index in [9.17, 15) is 9.59 Å². The lowest BCUT2D eigenvalue weighted by atomic mass is 9.65. The molecular formula is C108H152O2S5. The van der Waals surface area contributed by atoms with Crippen molar-refractivity contribution in [3.63, 3.8) is 0 Å². The molecule has 0 atom stereocenters. The van der Waals surface area contributed by atoms with E-state index in [-0.39, 0.29) is 0 Å². The van der Waals surface area contributed by atoms with Gasteiger partial charge in [-0.3, -0.25) is 9.59 Å². The van der Waals surface area contributed by atoms with Gasteiger partial charge >= 0.3 is 0 Å². The van der Waals surface area contributed by atoms with Crippen molar-refractivity contribution in [1.82, 2.24) is 0 Å². The molecule has 2 aliphatic carbocycles. The molecule has 626 valence electrons. The Morgan fingerprint density at radius 1 is 0.217 bits per heavy atom. The third-order valence-corrected chi connectivity index (χ3v) is 32.6. The minimum atomic E-state index is -0.692. The van der Waals surface area contributed by atoms with Gasteiger partial charge in [-0.2, -0.15) is 0 Å². The molecule has 5 heterocycles. The molecule has 0 N–H and O–H groups in total. The summed E-state index contributed by atoms with van der Waals surface area (Å²) in [5.41, 5.74) is 22.2. The van der Waals surface area contributed by atoms with Crippen LogP contribution in [0.5, 0.6) is 0 Å². The van der Waals surface area contributed by atoms with E-state index in [1.807, 2.05) is 11.3 Å². The molecule has 0 aliphatic heterocycles. The molecule has 0 saturated carbocycles. The van der Waals surface area contributed by atoms with E-state index in [2.05, 4.69) is 163 Å². The van der Waals surface area contributed by atoms with Crippen molar-refractivity contribution in [2.75, 3.05) is 0 Å². The van der Waals surface area contributed by atoms with E-state index in [0.29, 0.717) is 0 Å². The number of hydrogen-bond acceptors (Lipinski definition) is 7. The Labute approximate surface area is 720 Å². The summed E-state index contributed by atoms with van der Waals surface area (Å²) in [6.07, 6.45) is 72.5. The van der Waals surface area contributed by atoms with Gasteiger partial charge in [-0.1, -0.05) is 385 Å². The highest BCUT2D eigenvalue weighted by molar-refractivity contribution is 7.36. The van der Waals surface area contributed by atoms with E-state index in [1.54, 1.807) is 22.7 Å². The fraction of sp³-hybridized carbons (Fsp3) is 0.611. The number of rotatable bonds is 62. The first-order valence-corrected chi connectivity index (χ1v) is 52.5. The molecule has 0 saturated heterocycles. The van der Waals surface area contributed by atoms with Crippen LogP contribution in [-0.2, 0) is 62.2 Å². The Hall–Kier alpha value is -4.76. The summed E-state index contributed by atoms with van der Waals surface area (Å²) in [4.78, 5) is 34.9.